The number of hydrogen-bond acceptors (Lipinski definition) is 1. The van der Waals surface area contributed by atoms with Gasteiger partial charge in [-0.25, -0.2) is 0 Å². The summed E-state index contributed by atoms with van der Waals surface area (Å²) in [5.41, 5.74) is 0. The van der Waals surface area contributed by atoms with Gasteiger partial charge in [-0.3, -0.25) is 0 Å². The number of fused-ring (bicyclic) bond motifs is 1. The second-order valence-corrected chi connectivity index (χ2v) is 4.32. The number of rotatable bonds is 0. The predicted octanol–water partition coefficient (Wildman–Crippen LogP) is 2.19. The van der Waals surface area contributed by atoms with Gasteiger partial charge < -0.3 is 5.11 Å². The molecule has 2 fully saturated rings. The van der Waals surface area contributed by atoms with Gasteiger partial charge in [-0.15, -0.1) is 0 Å². The van der Waals surface area contributed by atoms with Crippen LogP contribution in [-0.4, -0.2) is 11.2 Å². The van der Waals surface area contributed by atoms with Gasteiger partial charge in [0, 0.05) is 0 Å². The number of hydrogen-bond donors (Lipinski definition) is 1. The number of aliphatic hydroxyl groups excluding tert-OH is 1. The third-order valence-corrected chi connectivity index (χ3v) is 3.78. The fraction of sp³-hybridized carbons (Fsp3) is 1.00. The molecule has 2 aliphatic carbocycles. The topological polar surface area (TPSA) is 20.2 Å². The number of aliphatic hydroxyl groups is 1. The molecule has 2 aliphatic rings. The van der Waals surface area contributed by atoms with E-state index in [1.165, 1.54) is 32.1 Å². The lowest BCUT2D eigenvalue weighted by atomic mass is 9.61. The molecule has 1 nitrogen and oxygen atoms in total. The Labute approximate surface area is 68.8 Å². The molecule has 4 atom stereocenters. The lowest BCUT2D eigenvalue weighted by Gasteiger charge is -2.47. The largest absolute Gasteiger partial charge is 0.393 e. The summed E-state index contributed by atoms with van der Waals surface area (Å²) < 4.78 is 0. The summed E-state index contributed by atoms with van der Waals surface area (Å²) in [4.78, 5) is 0. The van der Waals surface area contributed by atoms with E-state index in [0.717, 1.165) is 5.92 Å². The Morgan fingerprint density at radius 3 is 2.36 bits per heavy atom. The SMILES string of the molecule is CC1C(O)C2CCCCCC12. The Balaban J connectivity index is 1.99. The average Bonchev–Trinajstić information content (AvgIpc) is 2.25. The highest BCUT2D eigenvalue weighted by Crippen LogP contribution is 2.47. The standard InChI is InChI=1S/C10H18O/c1-7-8-5-3-2-4-6-9(8)10(7)11/h7-11H,2-6H2,1H3. The van der Waals surface area contributed by atoms with Crippen molar-refractivity contribution in [3.05, 3.63) is 0 Å². The molecule has 1 heteroatoms. The van der Waals surface area contributed by atoms with Crippen molar-refractivity contribution >= 4 is 0 Å². The highest BCUT2D eigenvalue weighted by molar-refractivity contribution is 4.95. The van der Waals surface area contributed by atoms with E-state index < -0.39 is 0 Å². The van der Waals surface area contributed by atoms with Crippen molar-refractivity contribution in [2.75, 3.05) is 0 Å². The molecule has 11 heavy (non-hydrogen) atoms. The Hall–Kier alpha value is -0.0400. The van der Waals surface area contributed by atoms with Crippen molar-refractivity contribution in [1.29, 1.82) is 0 Å². The zero-order valence-electron chi connectivity index (χ0n) is 7.29. The molecule has 1 N–H and O–H groups in total. The first-order valence-electron chi connectivity index (χ1n) is 4.99. The molecule has 0 bridgehead atoms. The molecule has 0 saturated heterocycles. The zero-order valence-corrected chi connectivity index (χ0v) is 7.29. The maximum atomic E-state index is 9.64. The van der Waals surface area contributed by atoms with E-state index in [9.17, 15) is 5.11 Å². The van der Waals surface area contributed by atoms with E-state index >= 15 is 0 Å². The van der Waals surface area contributed by atoms with Crippen LogP contribution >= 0.6 is 0 Å². The van der Waals surface area contributed by atoms with E-state index in [-0.39, 0.29) is 6.10 Å². The maximum absolute atomic E-state index is 9.64. The van der Waals surface area contributed by atoms with Crippen molar-refractivity contribution in [3.8, 4) is 0 Å². The Morgan fingerprint density at radius 1 is 1.00 bits per heavy atom. The van der Waals surface area contributed by atoms with Gasteiger partial charge in [-0.1, -0.05) is 26.2 Å². The van der Waals surface area contributed by atoms with Crippen LogP contribution in [0.2, 0.25) is 0 Å². The van der Waals surface area contributed by atoms with Gasteiger partial charge in [0.15, 0.2) is 0 Å². The van der Waals surface area contributed by atoms with Crippen molar-refractivity contribution in [2.45, 2.75) is 45.1 Å². The molecule has 0 radical (unpaired) electrons. The van der Waals surface area contributed by atoms with Gasteiger partial charge in [0.1, 0.15) is 0 Å². The molecule has 0 aliphatic heterocycles. The average molecular weight is 154 g/mol. The Kier molecular flexibility index (Phi) is 1.92. The molecule has 0 spiro atoms. The fourth-order valence-electron chi connectivity index (χ4n) is 2.94. The van der Waals surface area contributed by atoms with E-state index in [1.807, 2.05) is 0 Å². The molecule has 0 amide bonds. The van der Waals surface area contributed by atoms with Crippen LogP contribution in [-0.2, 0) is 0 Å². The van der Waals surface area contributed by atoms with Crippen LogP contribution in [0.15, 0.2) is 0 Å². The van der Waals surface area contributed by atoms with Gasteiger partial charge in [0.05, 0.1) is 6.10 Å². The van der Waals surface area contributed by atoms with Crippen LogP contribution in [0.25, 0.3) is 0 Å². The van der Waals surface area contributed by atoms with Crippen LogP contribution in [0, 0.1) is 17.8 Å². The van der Waals surface area contributed by atoms with Crippen molar-refractivity contribution < 1.29 is 5.11 Å². The first kappa shape index (κ1) is 7.60. The monoisotopic (exact) mass is 154 g/mol. The van der Waals surface area contributed by atoms with Crippen molar-refractivity contribution in [2.24, 2.45) is 17.8 Å². The lowest BCUT2D eigenvalue weighted by Crippen LogP contribution is -2.49. The van der Waals surface area contributed by atoms with Crippen LogP contribution in [0.3, 0.4) is 0 Å². The summed E-state index contributed by atoms with van der Waals surface area (Å²) in [6, 6.07) is 0. The molecule has 2 rings (SSSR count). The highest BCUT2D eigenvalue weighted by Gasteiger charge is 2.46. The molecule has 2 saturated carbocycles. The quantitative estimate of drug-likeness (QED) is 0.567. The normalized spacial score (nSPS) is 50.7. The summed E-state index contributed by atoms with van der Waals surface area (Å²) in [6.07, 6.45) is 6.85. The fourth-order valence-corrected chi connectivity index (χ4v) is 2.94. The minimum atomic E-state index is 0.0399. The molecule has 4 unspecified atom stereocenters. The smallest absolute Gasteiger partial charge is 0.0599 e. The zero-order chi connectivity index (χ0) is 7.84. The Bertz CT molecular complexity index is 128. The van der Waals surface area contributed by atoms with Gasteiger partial charge in [-0.2, -0.15) is 0 Å². The van der Waals surface area contributed by atoms with Crippen molar-refractivity contribution in [3.63, 3.8) is 0 Å². The highest BCUT2D eigenvalue weighted by atomic mass is 16.3. The third-order valence-electron chi connectivity index (χ3n) is 3.78. The van der Waals surface area contributed by atoms with Crippen LogP contribution in [0.5, 0.6) is 0 Å². The van der Waals surface area contributed by atoms with Gasteiger partial charge in [0.2, 0.25) is 0 Å². The van der Waals surface area contributed by atoms with Crippen LogP contribution < -0.4 is 0 Å². The van der Waals surface area contributed by atoms with E-state index in [0.29, 0.717) is 11.8 Å². The lowest BCUT2D eigenvalue weighted by molar-refractivity contribution is -0.0953. The molecule has 64 valence electrons. The summed E-state index contributed by atoms with van der Waals surface area (Å²) in [5, 5.41) is 9.64. The van der Waals surface area contributed by atoms with Crippen LogP contribution in [0.4, 0.5) is 0 Å². The van der Waals surface area contributed by atoms with E-state index in [4.69, 9.17) is 0 Å². The van der Waals surface area contributed by atoms with Gasteiger partial charge in [-0.05, 0) is 30.6 Å². The first-order valence-corrected chi connectivity index (χ1v) is 4.99. The molecule has 0 aromatic heterocycles. The summed E-state index contributed by atoms with van der Waals surface area (Å²) in [6.45, 7) is 2.21. The molecule has 0 aromatic carbocycles. The molecule has 0 heterocycles. The second kappa shape index (κ2) is 2.78. The maximum Gasteiger partial charge on any atom is 0.0599 e. The summed E-state index contributed by atoms with van der Waals surface area (Å²) in [5.74, 6) is 2.14. The summed E-state index contributed by atoms with van der Waals surface area (Å²) in [7, 11) is 0. The predicted molar refractivity (Wildman–Crippen MR) is 45.2 cm³/mol. The summed E-state index contributed by atoms with van der Waals surface area (Å²) >= 11 is 0. The molecular formula is C10H18O. The third kappa shape index (κ3) is 1.10. The molecular weight excluding hydrogens is 136 g/mol. The first-order chi connectivity index (χ1) is 5.30. The van der Waals surface area contributed by atoms with Crippen LogP contribution in [0.1, 0.15) is 39.0 Å². The second-order valence-electron chi connectivity index (χ2n) is 4.32. The van der Waals surface area contributed by atoms with Gasteiger partial charge >= 0.3 is 0 Å². The minimum absolute atomic E-state index is 0.0399. The van der Waals surface area contributed by atoms with Crippen molar-refractivity contribution in [1.82, 2.24) is 0 Å². The van der Waals surface area contributed by atoms with E-state index in [1.54, 1.807) is 0 Å². The van der Waals surface area contributed by atoms with E-state index in [2.05, 4.69) is 6.92 Å². The molecule has 0 aromatic rings. The Morgan fingerprint density at radius 2 is 1.64 bits per heavy atom. The minimum Gasteiger partial charge on any atom is -0.393 e. The van der Waals surface area contributed by atoms with Gasteiger partial charge in [0.25, 0.3) is 0 Å².